The number of rotatable bonds is 10. The lowest BCUT2D eigenvalue weighted by Gasteiger charge is -2.17. The molecule has 0 bridgehead atoms. The van der Waals surface area contributed by atoms with Crippen LogP contribution in [0.1, 0.15) is 36.2 Å². The van der Waals surface area contributed by atoms with Gasteiger partial charge in [0.15, 0.2) is 17.7 Å². The average molecular weight is 485 g/mol. The second-order valence-corrected chi connectivity index (χ2v) is 8.25. The third kappa shape index (κ3) is 6.51. The van der Waals surface area contributed by atoms with E-state index in [4.69, 9.17) is 20.9 Å². The van der Waals surface area contributed by atoms with Crippen molar-refractivity contribution < 1.29 is 33.0 Å². The maximum Gasteiger partial charge on any atom is 0.344 e. The van der Waals surface area contributed by atoms with Gasteiger partial charge in [0.2, 0.25) is 5.91 Å². The van der Waals surface area contributed by atoms with Crippen LogP contribution in [-0.2, 0) is 11.3 Å². The third-order valence-electron chi connectivity index (χ3n) is 4.98. The number of aromatic nitrogens is 1. The molecule has 0 saturated heterocycles. The summed E-state index contributed by atoms with van der Waals surface area (Å²) in [6, 6.07) is 12.0. The highest BCUT2D eigenvalue weighted by atomic mass is 19.1. The van der Waals surface area contributed by atoms with Gasteiger partial charge in [-0.25, -0.2) is 13.6 Å². The van der Waals surface area contributed by atoms with Gasteiger partial charge in [0, 0.05) is 18.2 Å². The second-order valence-electron chi connectivity index (χ2n) is 8.25. The minimum atomic E-state index is -1.39. The van der Waals surface area contributed by atoms with Crippen LogP contribution < -0.4 is 20.9 Å². The van der Waals surface area contributed by atoms with Crippen LogP contribution in [0.5, 0.6) is 17.5 Å². The van der Waals surface area contributed by atoms with Crippen molar-refractivity contribution in [3.63, 3.8) is 0 Å². The second kappa shape index (κ2) is 10.9. The Morgan fingerprint density at radius 2 is 1.74 bits per heavy atom. The van der Waals surface area contributed by atoms with E-state index in [2.05, 4.69) is 4.98 Å². The number of hydrogen-bond donors (Lipinski definition) is 3. The lowest BCUT2D eigenvalue weighted by Crippen LogP contribution is -2.29. The average Bonchev–Trinajstić information content (AvgIpc) is 2.81. The summed E-state index contributed by atoms with van der Waals surface area (Å²) in [6.07, 6.45) is -1.31. The molecule has 2 aromatic carbocycles. The molecule has 184 valence electrons. The minimum absolute atomic E-state index is 0.00428. The summed E-state index contributed by atoms with van der Waals surface area (Å²) in [5.41, 5.74) is 13.3. The zero-order chi connectivity index (χ0) is 25.7. The summed E-state index contributed by atoms with van der Waals surface area (Å²) in [7, 11) is 0. The Hall–Kier alpha value is -4.05. The van der Waals surface area contributed by atoms with E-state index in [-0.39, 0.29) is 23.7 Å². The molecule has 10 heteroatoms. The first-order valence-electron chi connectivity index (χ1n) is 10.7. The normalized spacial score (nSPS) is 11.8. The first-order chi connectivity index (χ1) is 16.6. The highest BCUT2D eigenvalue weighted by Crippen LogP contribution is 2.32. The molecule has 8 nitrogen and oxygen atoms in total. The molecule has 3 aromatic rings. The first-order valence-corrected chi connectivity index (χ1v) is 10.7. The van der Waals surface area contributed by atoms with E-state index in [1.54, 1.807) is 26.0 Å². The molecule has 0 aliphatic carbocycles. The fourth-order valence-electron chi connectivity index (χ4n) is 3.31. The van der Waals surface area contributed by atoms with Gasteiger partial charge in [-0.3, -0.25) is 4.79 Å². The molecule has 1 heterocycles. The Bertz CT molecular complexity index is 1250. The van der Waals surface area contributed by atoms with Crippen LogP contribution in [0.3, 0.4) is 0 Å². The molecule has 0 aliphatic heterocycles. The van der Waals surface area contributed by atoms with Gasteiger partial charge in [0.05, 0.1) is 0 Å². The summed E-state index contributed by atoms with van der Waals surface area (Å²) in [5, 5.41) is 9.36. The van der Waals surface area contributed by atoms with Crippen LogP contribution in [0.2, 0.25) is 0 Å². The molecule has 1 atom stereocenters. The van der Waals surface area contributed by atoms with Crippen molar-refractivity contribution in [2.45, 2.75) is 32.9 Å². The standard InChI is InChI=1S/C25H25F2N3O5/c1-13(2)6-21(25(32)33)35-24-20(27)11-19(26)23(30-24)34-18-9-16(8-17(10-18)22(29)31)15-5-3-4-14(7-15)12-28/h3-5,7-11,13,21H,6,12,28H2,1-2H3,(H2,29,31)(H,32,33). The Kier molecular flexibility index (Phi) is 7.98. The Labute approximate surface area is 200 Å². The maximum absolute atomic E-state index is 14.5. The van der Waals surface area contributed by atoms with Crippen LogP contribution >= 0.6 is 0 Å². The number of primary amides is 1. The van der Waals surface area contributed by atoms with E-state index < -0.39 is 41.4 Å². The molecular formula is C25H25F2N3O5. The molecule has 35 heavy (non-hydrogen) atoms. The van der Waals surface area contributed by atoms with Gasteiger partial charge < -0.3 is 26.0 Å². The number of carbonyl (C=O) groups excluding carboxylic acids is 1. The monoisotopic (exact) mass is 485 g/mol. The van der Waals surface area contributed by atoms with Crippen molar-refractivity contribution >= 4 is 11.9 Å². The lowest BCUT2D eigenvalue weighted by atomic mass is 10.0. The summed E-state index contributed by atoms with van der Waals surface area (Å²) in [6.45, 7) is 3.85. The number of carbonyl (C=O) groups is 2. The number of hydrogen-bond acceptors (Lipinski definition) is 6. The van der Waals surface area contributed by atoms with E-state index in [0.717, 1.165) is 5.56 Å². The van der Waals surface area contributed by atoms with Crippen molar-refractivity contribution in [3.8, 4) is 28.6 Å². The smallest absolute Gasteiger partial charge is 0.344 e. The lowest BCUT2D eigenvalue weighted by molar-refractivity contribution is -0.146. The van der Waals surface area contributed by atoms with E-state index >= 15 is 0 Å². The zero-order valence-corrected chi connectivity index (χ0v) is 19.1. The Balaban J connectivity index is 1.99. The predicted molar refractivity (Wildman–Crippen MR) is 124 cm³/mol. The molecular weight excluding hydrogens is 460 g/mol. The largest absolute Gasteiger partial charge is 0.479 e. The van der Waals surface area contributed by atoms with Crippen LogP contribution in [0, 0.1) is 17.6 Å². The van der Waals surface area contributed by atoms with Gasteiger partial charge in [0.1, 0.15) is 5.75 Å². The summed E-state index contributed by atoms with van der Waals surface area (Å²) < 4.78 is 39.5. The number of amides is 1. The molecule has 0 radical (unpaired) electrons. The predicted octanol–water partition coefficient (Wildman–Crippen LogP) is 4.25. The summed E-state index contributed by atoms with van der Waals surface area (Å²) in [5.74, 6) is -5.86. The van der Waals surface area contributed by atoms with E-state index in [1.165, 1.54) is 18.2 Å². The van der Waals surface area contributed by atoms with Gasteiger partial charge in [-0.1, -0.05) is 32.0 Å². The topological polar surface area (TPSA) is 138 Å². The van der Waals surface area contributed by atoms with Crippen LogP contribution in [0.25, 0.3) is 11.1 Å². The van der Waals surface area contributed by atoms with Crippen molar-refractivity contribution in [2.75, 3.05) is 0 Å². The van der Waals surface area contributed by atoms with Crippen molar-refractivity contribution in [1.29, 1.82) is 0 Å². The number of nitrogens with zero attached hydrogens (tertiary/aromatic N) is 1. The number of ether oxygens (including phenoxy) is 2. The van der Waals surface area contributed by atoms with Gasteiger partial charge >= 0.3 is 5.97 Å². The highest BCUT2D eigenvalue weighted by Gasteiger charge is 2.25. The van der Waals surface area contributed by atoms with Crippen LogP contribution in [-0.4, -0.2) is 28.1 Å². The molecule has 1 aromatic heterocycles. The van der Waals surface area contributed by atoms with Gasteiger partial charge in [0.25, 0.3) is 11.8 Å². The number of nitrogens with two attached hydrogens (primary N) is 2. The molecule has 3 rings (SSSR count). The molecule has 0 fully saturated rings. The molecule has 0 aliphatic rings. The fourth-order valence-corrected chi connectivity index (χ4v) is 3.31. The van der Waals surface area contributed by atoms with Crippen molar-refractivity contribution in [1.82, 2.24) is 4.98 Å². The number of pyridine rings is 1. The highest BCUT2D eigenvalue weighted by molar-refractivity contribution is 5.94. The van der Waals surface area contributed by atoms with Crippen LogP contribution in [0.15, 0.2) is 48.5 Å². The molecule has 1 unspecified atom stereocenters. The Morgan fingerprint density at radius 1 is 1.03 bits per heavy atom. The van der Waals surface area contributed by atoms with Crippen molar-refractivity contribution in [2.24, 2.45) is 17.4 Å². The SMILES string of the molecule is CC(C)CC(Oc1nc(Oc2cc(C(N)=O)cc(-c3cccc(CN)c3)c2)c(F)cc1F)C(=O)O. The molecule has 1 amide bonds. The van der Waals surface area contributed by atoms with E-state index in [9.17, 15) is 23.5 Å². The summed E-state index contributed by atoms with van der Waals surface area (Å²) in [4.78, 5) is 27.1. The van der Waals surface area contributed by atoms with E-state index in [0.29, 0.717) is 23.7 Å². The number of carboxylic acids is 1. The number of carboxylic acid groups (broad SMARTS) is 1. The zero-order valence-electron chi connectivity index (χ0n) is 19.1. The van der Waals surface area contributed by atoms with Crippen LogP contribution in [0.4, 0.5) is 8.78 Å². The minimum Gasteiger partial charge on any atom is -0.479 e. The molecule has 0 saturated carbocycles. The van der Waals surface area contributed by atoms with Gasteiger partial charge in [-0.2, -0.15) is 4.98 Å². The maximum atomic E-state index is 14.5. The summed E-state index contributed by atoms with van der Waals surface area (Å²) >= 11 is 0. The van der Waals surface area contributed by atoms with E-state index in [1.807, 2.05) is 12.1 Å². The number of aliphatic carboxylic acids is 1. The van der Waals surface area contributed by atoms with Crippen molar-refractivity contribution in [3.05, 3.63) is 71.3 Å². The molecule has 5 N–H and O–H groups in total. The van der Waals surface area contributed by atoms with Gasteiger partial charge in [-0.15, -0.1) is 0 Å². The Morgan fingerprint density at radius 3 is 2.37 bits per heavy atom. The third-order valence-corrected chi connectivity index (χ3v) is 4.98. The fraction of sp³-hybridized carbons (Fsp3) is 0.240. The quantitative estimate of drug-likeness (QED) is 0.390. The first kappa shape index (κ1) is 25.6. The number of halogens is 2. The number of benzene rings is 2. The molecule has 0 spiro atoms. The van der Waals surface area contributed by atoms with Gasteiger partial charge in [-0.05, 0) is 53.3 Å².